The van der Waals surface area contributed by atoms with E-state index < -0.39 is 24.0 Å². The zero-order chi connectivity index (χ0) is 16.2. The van der Waals surface area contributed by atoms with Gasteiger partial charge in [-0.1, -0.05) is 32.9 Å². The van der Waals surface area contributed by atoms with Crippen LogP contribution in [0.5, 0.6) is 0 Å². The van der Waals surface area contributed by atoms with Crippen LogP contribution in [0.4, 0.5) is 0 Å². The number of carbonyl (C=O) groups is 1. The fourth-order valence-corrected chi connectivity index (χ4v) is 2.30. The summed E-state index contributed by atoms with van der Waals surface area (Å²) < 4.78 is 17.0. The maximum atomic E-state index is 11.0. The van der Waals surface area contributed by atoms with Gasteiger partial charge in [0.05, 0.1) is 6.42 Å². The highest BCUT2D eigenvalue weighted by Gasteiger charge is 2.45. The number of aliphatic carboxylic acids is 1. The Kier molecular flexibility index (Phi) is 6.38. The van der Waals surface area contributed by atoms with E-state index in [-0.39, 0.29) is 12.5 Å². The third-order valence-corrected chi connectivity index (χ3v) is 3.85. The Morgan fingerprint density at radius 1 is 1.29 bits per heavy atom. The number of carboxylic acid groups (broad SMARTS) is 1. The molecule has 1 saturated heterocycles. The first-order chi connectivity index (χ1) is 9.66. The number of hydrogen-bond acceptors (Lipinski definition) is 4. The van der Waals surface area contributed by atoms with E-state index in [1.165, 1.54) is 0 Å². The van der Waals surface area contributed by atoms with Crippen molar-refractivity contribution in [3.63, 3.8) is 0 Å². The van der Waals surface area contributed by atoms with Crippen LogP contribution in [0.25, 0.3) is 0 Å². The summed E-state index contributed by atoms with van der Waals surface area (Å²) in [6, 6.07) is 0. The monoisotopic (exact) mass is 300 g/mol. The lowest BCUT2D eigenvalue weighted by Crippen LogP contribution is -2.36. The van der Waals surface area contributed by atoms with Gasteiger partial charge in [-0.05, 0) is 25.7 Å². The zero-order valence-electron chi connectivity index (χ0n) is 13.8. The van der Waals surface area contributed by atoms with E-state index in [1.54, 1.807) is 21.0 Å². The van der Waals surface area contributed by atoms with Crippen molar-refractivity contribution in [1.29, 1.82) is 0 Å². The summed E-state index contributed by atoms with van der Waals surface area (Å²) in [5.74, 6) is -0.749. The van der Waals surface area contributed by atoms with E-state index >= 15 is 0 Å². The first-order valence-electron chi connectivity index (χ1n) is 7.45. The SMILES string of the molecule is COC(/C=C\[C@@H](C)C(C)C)[C@H]1OC(C)(C)O[C@H]1CC(=O)O. The fraction of sp³-hybridized carbons (Fsp3) is 0.812. The molecule has 1 rings (SSSR count). The summed E-state index contributed by atoms with van der Waals surface area (Å²) in [5, 5.41) is 9.01. The topological polar surface area (TPSA) is 65.0 Å². The van der Waals surface area contributed by atoms with Gasteiger partial charge in [-0.2, -0.15) is 0 Å². The van der Waals surface area contributed by atoms with Crippen molar-refractivity contribution in [1.82, 2.24) is 0 Å². The molecule has 122 valence electrons. The summed E-state index contributed by atoms with van der Waals surface area (Å²) in [7, 11) is 1.60. The Bertz CT molecular complexity index is 375. The van der Waals surface area contributed by atoms with Crippen molar-refractivity contribution in [3.8, 4) is 0 Å². The second-order valence-corrected chi connectivity index (χ2v) is 6.42. The van der Waals surface area contributed by atoms with Crippen LogP contribution < -0.4 is 0 Å². The van der Waals surface area contributed by atoms with Crippen LogP contribution in [-0.4, -0.2) is 42.3 Å². The highest BCUT2D eigenvalue weighted by atomic mass is 16.8. The molecule has 0 aliphatic carbocycles. The minimum Gasteiger partial charge on any atom is -0.481 e. The molecule has 1 fully saturated rings. The van der Waals surface area contributed by atoms with Gasteiger partial charge in [-0.25, -0.2) is 0 Å². The highest BCUT2D eigenvalue weighted by molar-refractivity contribution is 5.67. The second-order valence-electron chi connectivity index (χ2n) is 6.42. The van der Waals surface area contributed by atoms with E-state index in [0.717, 1.165) is 0 Å². The van der Waals surface area contributed by atoms with Gasteiger partial charge in [0.15, 0.2) is 5.79 Å². The number of rotatable bonds is 7. The van der Waals surface area contributed by atoms with Crippen molar-refractivity contribution in [3.05, 3.63) is 12.2 Å². The van der Waals surface area contributed by atoms with Gasteiger partial charge in [0.25, 0.3) is 0 Å². The molecule has 1 heterocycles. The van der Waals surface area contributed by atoms with Crippen LogP contribution in [0.3, 0.4) is 0 Å². The van der Waals surface area contributed by atoms with Gasteiger partial charge in [-0.3, -0.25) is 4.79 Å². The molecule has 0 spiro atoms. The number of hydrogen-bond donors (Lipinski definition) is 1. The van der Waals surface area contributed by atoms with Crippen molar-refractivity contribution in [2.24, 2.45) is 11.8 Å². The van der Waals surface area contributed by atoms with Crippen LogP contribution in [0.2, 0.25) is 0 Å². The molecule has 0 bridgehead atoms. The van der Waals surface area contributed by atoms with Crippen molar-refractivity contribution < 1.29 is 24.1 Å². The predicted molar refractivity (Wildman–Crippen MR) is 80.0 cm³/mol. The molecule has 0 aromatic rings. The van der Waals surface area contributed by atoms with E-state index in [9.17, 15) is 4.79 Å². The molecule has 1 aliphatic rings. The Hall–Kier alpha value is -0.910. The van der Waals surface area contributed by atoms with Crippen molar-refractivity contribution in [2.75, 3.05) is 7.11 Å². The first-order valence-corrected chi connectivity index (χ1v) is 7.45. The largest absolute Gasteiger partial charge is 0.481 e. The van der Waals surface area contributed by atoms with E-state index in [0.29, 0.717) is 11.8 Å². The van der Waals surface area contributed by atoms with Crippen LogP contribution in [0, 0.1) is 11.8 Å². The third kappa shape index (κ3) is 5.41. The molecule has 1 N–H and O–H groups in total. The number of allylic oxidation sites excluding steroid dienone is 1. The van der Waals surface area contributed by atoms with Gasteiger partial charge in [0.1, 0.15) is 18.3 Å². The van der Waals surface area contributed by atoms with Crippen LogP contribution in [-0.2, 0) is 19.0 Å². The predicted octanol–water partition coefficient (Wildman–Crippen LogP) is 2.84. The lowest BCUT2D eigenvalue weighted by atomic mass is 9.96. The van der Waals surface area contributed by atoms with Crippen molar-refractivity contribution in [2.45, 2.75) is 65.1 Å². The van der Waals surface area contributed by atoms with Crippen LogP contribution in [0.1, 0.15) is 41.0 Å². The molecule has 0 saturated carbocycles. The molecule has 0 radical (unpaired) electrons. The van der Waals surface area contributed by atoms with Gasteiger partial charge in [-0.15, -0.1) is 0 Å². The molecule has 0 amide bonds. The van der Waals surface area contributed by atoms with Gasteiger partial charge >= 0.3 is 5.97 Å². The van der Waals surface area contributed by atoms with E-state index in [2.05, 4.69) is 26.8 Å². The lowest BCUT2D eigenvalue weighted by Gasteiger charge is -2.23. The minimum absolute atomic E-state index is 0.0957. The van der Waals surface area contributed by atoms with Crippen molar-refractivity contribution >= 4 is 5.97 Å². The summed E-state index contributed by atoms with van der Waals surface area (Å²) in [5.41, 5.74) is 0. The highest BCUT2D eigenvalue weighted by Crippen LogP contribution is 2.33. The fourth-order valence-electron chi connectivity index (χ4n) is 2.30. The lowest BCUT2D eigenvalue weighted by molar-refractivity contribution is -0.157. The number of ether oxygens (including phenoxy) is 3. The molecule has 0 aromatic carbocycles. The van der Waals surface area contributed by atoms with E-state index in [1.807, 2.05) is 6.08 Å². The van der Waals surface area contributed by atoms with Gasteiger partial charge in [0.2, 0.25) is 0 Å². The summed E-state index contributed by atoms with van der Waals surface area (Å²) in [6.07, 6.45) is 2.69. The molecule has 5 heteroatoms. The smallest absolute Gasteiger partial charge is 0.306 e. The van der Waals surface area contributed by atoms with Gasteiger partial charge in [0, 0.05) is 7.11 Å². The summed E-state index contributed by atoms with van der Waals surface area (Å²) >= 11 is 0. The molecule has 1 unspecified atom stereocenters. The summed E-state index contributed by atoms with van der Waals surface area (Å²) in [4.78, 5) is 11.0. The van der Waals surface area contributed by atoms with Gasteiger partial charge < -0.3 is 19.3 Å². The normalized spacial score (nSPS) is 28.1. The zero-order valence-corrected chi connectivity index (χ0v) is 13.8. The average Bonchev–Trinajstić information content (AvgIpc) is 2.64. The van der Waals surface area contributed by atoms with Crippen LogP contribution >= 0.6 is 0 Å². The average molecular weight is 300 g/mol. The Balaban J connectivity index is 2.83. The number of methoxy groups -OCH3 is 1. The molecular weight excluding hydrogens is 272 g/mol. The molecule has 21 heavy (non-hydrogen) atoms. The number of carboxylic acids is 1. The standard InChI is InChI=1S/C16H28O5/c1-10(2)11(3)7-8-12(19-6)15-13(9-14(17)18)20-16(4,5)21-15/h7-8,10-13,15H,9H2,1-6H3,(H,17,18)/b8-7-/t11-,12?,13+,15-/m1/s1. The molecule has 0 aromatic heterocycles. The maximum absolute atomic E-state index is 11.0. The summed E-state index contributed by atoms with van der Waals surface area (Å²) in [6.45, 7) is 10.0. The Labute approximate surface area is 127 Å². The first kappa shape index (κ1) is 18.1. The Morgan fingerprint density at radius 2 is 1.90 bits per heavy atom. The third-order valence-electron chi connectivity index (χ3n) is 3.85. The minimum atomic E-state index is -0.902. The van der Waals surface area contributed by atoms with Crippen LogP contribution in [0.15, 0.2) is 12.2 Å². The maximum Gasteiger partial charge on any atom is 0.306 e. The molecular formula is C16H28O5. The second kappa shape index (κ2) is 7.38. The molecule has 1 aliphatic heterocycles. The molecule has 4 atom stereocenters. The molecule has 5 nitrogen and oxygen atoms in total. The Morgan fingerprint density at radius 3 is 2.38 bits per heavy atom. The van der Waals surface area contributed by atoms with E-state index in [4.69, 9.17) is 19.3 Å². The quantitative estimate of drug-likeness (QED) is 0.732.